The standard InChI is InChI=1S/C11H8BrF5O2S/c12-5-7(18)4-6-2-1-3-8(20-11(15,16)17)9(6)19-10(13)14/h1-3,10H,4-5H2. The Morgan fingerprint density at radius 1 is 1.35 bits per heavy atom. The zero-order valence-electron chi connectivity index (χ0n) is 9.72. The lowest BCUT2D eigenvalue weighted by Crippen LogP contribution is -2.11. The summed E-state index contributed by atoms with van der Waals surface area (Å²) in [5.74, 6) is -0.975. The number of ether oxygens (including phenoxy) is 1. The SMILES string of the molecule is O=C(CBr)Cc1cccc(SC(F)(F)F)c1OC(F)F. The molecule has 0 amide bonds. The number of thioether (sulfide) groups is 1. The summed E-state index contributed by atoms with van der Waals surface area (Å²) in [4.78, 5) is 10.8. The Labute approximate surface area is 123 Å². The monoisotopic (exact) mass is 378 g/mol. The van der Waals surface area contributed by atoms with Crippen molar-refractivity contribution >= 4 is 33.5 Å². The van der Waals surface area contributed by atoms with Crippen molar-refractivity contribution in [2.45, 2.75) is 23.4 Å². The van der Waals surface area contributed by atoms with Gasteiger partial charge in [-0.05, 0) is 17.8 Å². The van der Waals surface area contributed by atoms with E-state index in [2.05, 4.69) is 20.7 Å². The van der Waals surface area contributed by atoms with Crippen LogP contribution in [0, 0.1) is 0 Å². The molecule has 0 spiro atoms. The van der Waals surface area contributed by atoms with E-state index in [0.29, 0.717) is 0 Å². The van der Waals surface area contributed by atoms with Gasteiger partial charge in [0.05, 0.1) is 10.2 Å². The van der Waals surface area contributed by atoms with E-state index in [9.17, 15) is 26.7 Å². The third-order valence-electron chi connectivity index (χ3n) is 2.03. The fraction of sp³-hybridized carbons (Fsp3) is 0.364. The molecule has 112 valence electrons. The van der Waals surface area contributed by atoms with Crippen molar-refractivity contribution in [3.05, 3.63) is 23.8 Å². The van der Waals surface area contributed by atoms with Crippen LogP contribution in [0.25, 0.3) is 0 Å². The van der Waals surface area contributed by atoms with Gasteiger partial charge in [-0.3, -0.25) is 4.79 Å². The first-order chi connectivity index (χ1) is 9.23. The predicted octanol–water partition coefficient (Wildman–Crippen LogP) is 4.41. The first-order valence-corrected chi connectivity index (χ1v) is 7.07. The molecule has 9 heteroatoms. The van der Waals surface area contributed by atoms with Crippen LogP contribution in [0.5, 0.6) is 5.75 Å². The Kier molecular flexibility index (Phi) is 6.25. The molecule has 0 aliphatic heterocycles. The maximum Gasteiger partial charge on any atom is 0.446 e. The summed E-state index contributed by atoms with van der Waals surface area (Å²) >= 11 is 2.33. The summed E-state index contributed by atoms with van der Waals surface area (Å²) in [5, 5.41) is -0.0300. The molecular formula is C11H8BrF5O2S. The number of benzene rings is 1. The highest BCUT2D eigenvalue weighted by atomic mass is 79.9. The van der Waals surface area contributed by atoms with Crippen LogP contribution in [0.3, 0.4) is 0 Å². The first kappa shape index (κ1) is 17.2. The second kappa shape index (κ2) is 7.26. The van der Waals surface area contributed by atoms with Crippen molar-refractivity contribution in [1.29, 1.82) is 0 Å². The van der Waals surface area contributed by atoms with Gasteiger partial charge in [0.15, 0.2) is 0 Å². The third-order valence-corrected chi connectivity index (χ3v) is 3.43. The molecule has 1 rings (SSSR count). The molecule has 1 aromatic rings. The van der Waals surface area contributed by atoms with E-state index in [0.717, 1.165) is 6.07 Å². The van der Waals surface area contributed by atoms with Gasteiger partial charge < -0.3 is 4.74 Å². The lowest BCUT2D eigenvalue weighted by atomic mass is 10.1. The van der Waals surface area contributed by atoms with Gasteiger partial charge in [-0.15, -0.1) is 0 Å². The fourth-order valence-electron chi connectivity index (χ4n) is 1.39. The Hall–Kier alpha value is -0.830. The fourth-order valence-corrected chi connectivity index (χ4v) is 2.25. The number of hydrogen-bond donors (Lipinski definition) is 0. The van der Waals surface area contributed by atoms with Crippen LogP contribution >= 0.6 is 27.7 Å². The number of carbonyl (C=O) groups excluding carboxylic acids is 1. The quantitative estimate of drug-likeness (QED) is 0.416. The minimum atomic E-state index is -4.64. The largest absolute Gasteiger partial charge is 0.446 e. The van der Waals surface area contributed by atoms with Gasteiger partial charge in [0.2, 0.25) is 0 Å². The molecule has 0 fully saturated rings. The number of hydrogen-bond acceptors (Lipinski definition) is 3. The molecule has 0 bridgehead atoms. The smallest absolute Gasteiger partial charge is 0.433 e. The van der Waals surface area contributed by atoms with E-state index in [4.69, 9.17) is 0 Å². The van der Waals surface area contributed by atoms with Gasteiger partial charge in [0.1, 0.15) is 11.5 Å². The average molecular weight is 379 g/mol. The van der Waals surface area contributed by atoms with Crippen molar-refractivity contribution in [3.8, 4) is 5.75 Å². The van der Waals surface area contributed by atoms with Crippen LogP contribution in [0.1, 0.15) is 5.56 Å². The highest BCUT2D eigenvalue weighted by Gasteiger charge is 2.32. The molecule has 0 unspecified atom stereocenters. The van der Waals surface area contributed by atoms with E-state index in [1.165, 1.54) is 12.1 Å². The molecule has 0 aromatic heterocycles. The van der Waals surface area contributed by atoms with Crippen molar-refractivity contribution < 1.29 is 31.5 Å². The molecule has 0 radical (unpaired) electrons. The predicted molar refractivity (Wildman–Crippen MR) is 67.5 cm³/mol. The van der Waals surface area contributed by atoms with Gasteiger partial charge in [0.25, 0.3) is 0 Å². The van der Waals surface area contributed by atoms with E-state index >= 15 is 0 Å². The van der Waals surface area contributed by atoms with Gasteiger partial charge in [-0.2, -0.15) is 22.0 Å². The molecule has 0 saturated heterocycles. The molecule has 20 heavy (non-hydrogen) atoms. The number of rotatable bonds is 6. The normalized spacial score (nSPS) is 11.8. The number of alkyl halides is 6. The number of Topliss-reactive ketones (excluding diaryl/α,β-unsaturated/α-hetero) is 1. The Balaban J connectivity index is 3.15. The summed E-state index contributed by atoms with van der Waals surface area (Å²) < 4.78 is 65.9. The molecule has 0 aliphatic carbocycles. The topological polar surface area (TPSA) is 26.3 Å². The van der Waals surface area contributed by atoms with Crippen LogP contribution in [0.4, 0.5) is 22.0 Å². The van der Waals surface area contributed by atoms with Crippen LogP contribution < -0.4 is 4.74 Å². The number of carbonyl (C=O) groups is 1. The second-order valence-corrected chi connectivity index (χ2v) is 5.19. The molecular weight excluding hydrogens is 371 g/mol. The van der Waals surface area contributed by atoms with E-state index in [1.807, 2.05) is 0 Å². The van der Waals surface area contributed by atoms with Crippen LogP contribution in [0.2, 0.25) is 0 Å². The molecule has 0 aliphatic rings. The number of ketones is 1. The van der Waals surface area contributed by atoms with Crippen LogP contribution in [-0.2, 0) is 11.2 Å². The summed E-state index contributed by atoms with van der Waals surface area (Å²) in [5.41, 5.74) is -4.65. The summed E-state index contributed by atoms with van der Waals surface area (Å²) in [6.07, 6.45) is -0.292. The zero-order chi connectivity index (χ0) is 15.3. The van der Waals surface area contributed by atoms with Crippen molar-refractivity contribution in [3.63, 3.8) is 0 Å². The van der Waals surface area contributed by atoms with Gasteiger partial charge in [0, 0.05) is 12.0 Å². The summed E-state index contributed by atoms with van der Waals surface area (Å²) in [7, 11) is 0. The van der Waals surface area contributed by atoms with E-state index in [-0.39, 0.29) is 23.1 Å². The summed E-state index contributed by atoms with van der Waals surface area (Å²) in [6.45, 7) is -3.28. The lowest BCUT2D eigenvalue weighted by Gasteiger charge is -2.15. The van der Waals surface area contributed by atoms with Crippen molar-refractivity contribution in [1.82, 2.24) is 0 Å². The molecule has 0 atom stereocenters. The first-order valence-electron chi connectivity index (χ1n) is 5.13. The number of halogens is 6. The highest BCUT2D eigenvalue weighted by Crippen LogP contribution is 2.43. The molecule has 1 aromatic carbocycles. The number of para-hydroxylation sites is 1. The van der Waals surface area contributed by atoms with Crippen molar-refractivity contribution in [2.75, 3.05) is 5.33 Å². The van der Waals surface area contributed by atoms with E-state index < -0.39 is 34.5 Å². The minimum Gasteiger partial charge on any atom is -0.433 e. The average Bonchev–Trinajstić information content (AvgIpc) is 2.30. The minimum absolute atomic E-state index is 0.0102. The third kappa shape index (κ3) is 5.66. The maximum absolute atomic E-state index is 12.4. The second-order valence-electron chi connectivity index (χ2n) is 3.52. The lowest BCUT2D eigenvalue weighted by molar-refractivity contribution is -0.116. The Morgan fingerprint density at radius 2 is 2.00 bits per heavy atom. The zero-order valence-corrected chi connectivity index (χ0v) is 12.1. The Morgan fingerprint density at radius 3 is 2.50 bits per heavy atom. The van der Waals surface area contributed by atoms with Crippen LogP contribution in [-0.4, -0.2) is 23.2 Å². The maximum atomic E-state index is 12.4. The highest BCUT2D eigenvalue weighted by molar-refractivity contribution is 9.09. The van der Waals surface area contributed by atoms with Gasteiger partial charge >= 0.3 is 12.1 Å². The molecule has 0 N–H and O–H groups in total. The van der Waals surface area contributed by atoms with Gasteiger partial charge in [-0.25, -0.2) is 0 Å². The summed E-state index contributed by atoms with van der Waals surface area (Å²) in [6, 6.07) is 3.54. The van der Waals surface area contributed by atoms with E-state index in [1.54, 1.807) is 0 Å². The Bertz CT molecular complexity index is 478. The van der Waals surface area contributed by atoms with Crippen molar-refractivity contribution in [2.24, 2.45) is 0 Å². The molecule has 2 nitrogen and oxygen atoms in total. The van der Waals surface area contributed by atoms with Crippen LogP contribution in [0.15, 0.2) is 23.1 Å². The molecule has 0 heterocycles. The molecule has 0 saturated carbocycles. The van der Waals surface area contributed by atoms with Gasteiger partial charge in [-0.1, -0.05) is 28.1 Å².